The van der Waals surface area contributed by atoms with Gasteiger partial charge in [0, 0.05) is 6.61 Å². The van der Waals surface area contributed by atoms with Gasteiger partial charge in [-0.2, -0.15) is 0 Å². The summed E-state index contributed by atoms with van der Waals surface area (Å²) in [5.74, 6) is -0.693. The molecule has 0 aromatic rings. The number of nitrogens with two attached hydrogens (primary N) is 1. The number of rotatable bonds is 6. The molecule has 1 aliphatic rings. The lowest BCUT2D eigenvalue weighted by Gasteiger charge is -2.17. The van der Waals surface area contributed by atoms with Crippen molar-refractivity contribution in [3.63, 3.8) is 0 Å². The van der Waals surface area contributed by atoms with E-state index in [-0.39, 0.29) is 11.8 Å². The summed E-state index contributed by atoms with van der Waals surface area (Å²) in [5.41, 5.74) is 5.24. The Bertz CT molecular complexity index is 250. The normalized spacial score (nSPS) is 21.7. The van der Waals surface area contributed by atoms with E-state index in [9.17, 15) is 9.59 Å². The Morgan fingerprint density at radius 2 is 2.31 bits per heavy atom. The number of carbonyl (C=O) groups is 2. The first-order valence-corrected chi connectivity index (χ1v) is 5.82. The maximum atomic E-state index is 11.7. The topological polar surface area (TPSA) is 81.4 Å². The summed E-state index contributed by atoms with van der Waals surface area (Å²) >= 11 is 0. The molecular weight excluding hydrogens is 208 g/mol. The molecule has 3 N–H and O–H groups in total. The Labute approximate surface area is 95.7 Å². The molecule has 16 heavy (non-hydrogen) atoms. The number of primary amides is 1. The third-order valence-corrected chi connectivity index (χ3v) is 2.81. The summed E-state index contributed by atoms with van der Waals surface area (Å²) in [6.45, 7) is 3.10. The van der Waals surface area contributed by atoms with Gasteiger partial charge in [0.15, 0.2) is 0 Å². The minimum absolute atomic E-state index is 0.114. The van der Waals surface area contributed by atoms with Crippen LogP contribution >= 0.6 is 0 Å². The van der Waals surface area contributed by atoms with Gasteiger partial charge in [-0.15, -0.1) is 0 Å². The van der Waals surface area contributed by atoms with Gasteiger partial charge in [-0.1, -0.05) is 19.8 Å². The summed E-state index contributed by atoms with van der Waals surface area (Å²) in [7, 11) is 0. The van der Waals surface area contributed by atoms with Crippen molar-refractivity contribution in [2.45, 2.75) is 38.6 Å². The standard InChI is InChI=1S/C11H20N2O3/c1-2-3-4-9(10(12)14)13-11(15)8-5-6-16-7-8/h8-9H,2-7H2,1H3,(H2,12,14)(H,13,15)/t8-,9+/m0/s1. The molecule has 0 aromatic heterocycles. The summed E-state index contributed by atoms with van der Waals surface area (Å²) in [6, 6.07) is -0.534. The van der Waals surface area contributed by atoms with Crippen molar-refractivity contribution in [2.75, 3.05) is 13.2 Å². The molecule has 92 valence electrons. The number of carbonyl (C=O) groups excluding carboxylic acids is 2. The zero-order valence-corrected chi connectivity index (χ0v) is 9.70. The van der Waals surface area contributed by atoms with Crippen molar-refractivity contribution < 1.29 is 14.3 Å². The fourth-order valence-electron chi connectivity index (χ4n) is 1.72. The Kier molecular flexibility index (Phi) is 5.25. The molecule has 0 bridgehead atoms. The second-order valence-electron chi connectivity index (χ2n) is 4.17. The Morgan fingerprint density at radius 3 is 2.81 bits per heavy atom. The summed E-state index contributed by atoms with van der Waals surface area (Å²) in [6.07, 6.45) is 3.21. The van der Waals surface area contributed by atoms with E-state index in [1.165, 1.54) is 0 Å². The molecule has 0 aliphatic carbocycles. The van der Waals surface area contributed by atoms with Gasteiger partial charge in [0.05, 0.1) is 12.5 Å². The van der Waals surface area contributed by atoms with Crippen LogP contribution in [-0.2, 0) is 14.3 Å². The number of amides is 2. The fourth-order valence-corrected chi connectivity index (χ4v) is 1.72. The second kappa shape index (κ2) is 6.48. The van der Waals surface area contributed by atoms with E-state index in [2.05, 4.69) is 5.32 Å². The maximum Gasteiger partial charge on any atom is 0.239 e. The predicted molar refractivity (Wildman–Crippen MR) is 59.6 cm³/mol. The van der Waals surface area contributed by atoms with Crippen LogP contribution < -0.4 is 11.1 Å². The van der Waals surface area contributed by atoms with Gasteiger partial charge in [0.25, 0.3) is 0 Å². The number of hydrogen-bond donors (Lipinski definition) is 2. The van der Waals surface area contributed by atoms with E-state index in [0.717, 1.165) is 19.3 Å². The second-order valence-corrected chi connectivity index (χ2v) is 4.17. The van der Waals surface area contributed by atoms with Crippen LogP contribution in [-0.4, -0.2) is 31.1 Å². The lowest BCUT2D eigenvalue weighted by atomic mass is 10.1. The maximum absolute atomic E-state index is 11.7. The molecule has 0 radical (unpaired) electrons. The molecule has 2 atom stereocenters. The number of hydrogen-bond acceptors (Lipinski definition) is 3. The summed E-state index contributed by atoms with van der Waals surface area (Å²) in [4.78, 5) is 22.9. The van der Waals surface area contributed by atoms with Gasteiger partial charge in [0.2, 0.25) is 11.8 Å². The van der Waals surface area contributed by atoms with Crippen molar-refractivity contribution in [3.8, 4) is 0 Å². The molecule has 0 aromatic carbocycles. The van der Waals surface area contributed by atoms with Gasteiger partial charge in [-0.3, -0.25) is 9.59 Å². The lowest BCUT2D eigenvalue weighted by molar-refractivity contribution is -0.130. The average Bonchev–Trinajstić information content (AvgIpc) is 2.76. The van der Waals surface area contributed by atoms with E-state index in [1.807, 2.05) is 6.92 Å². The molecule has 0 spiro atoms. The molecule has 1 rings (SSSR count). The van der Waals surface area contributed by atoms with Gasteiger partial charge in [-0.05, 0) is 12.8 Å². The summed E-state index contributed by atoms with van der Waals surface area (Å²) in [5, 5.41) is 2.70. The third kappa shape index (κ3) is 3.81. The monoisotopic (exact) mass is 228 g/mol. The van der Waals surface area contributed by atoms with E-state index >= 15 is 0 Å². The van der Waals surface area contributed by atoms with Crippen LogP contribution in [0.2, 0.25) is 0 Å². The zero-order chi connectivity index (χ0) is 12.0. The van der Waals surface area contributed by atoms with Crippen molar-refractivity contribution >= 4 is 11.8 Å². The molecule has 1 fully saturated rings. The molecule has 1 aliphatic heterocycles. The van der Waals surface area contributed by atoms with E-state index < -0.39 is 11.9 Å². The fraction of sp³-hybridized carbons (Fsp3) is 0.818. The smallest absolute Gasteiger partial charge is 0.239 e. The minimum Gasteiger partial charge on any atom is -0.381 e. The van der Waals surface area contributed by atoms with Crippen LogP contribution in [0, 0.1) is 5.92 Å². The van der Waals surface area contributed by atoms with Crippen molar-refractivity contribution in [3.05, 3.63) is 0 Å². The van der Waals surface area contributed by atoms with Crippen LogP contribution in [0.3, 0.4) is 0 Å². The summed E-state index contributed by atoms with van der Waals surface area (Å²) < 4.78 is 5.12. The molecule has 1 saturated heterocycles. The third-order valence-electron chi connectivity index (χ3n) is 2.81. The van der Waals surface area contributed by atoms with E-state index in [0.29, 0.717) is 19.6 Å². The van der Waals surface area contributed by atoms with Gasteiger partial charge >= 0.3 is 0 Å². The van der Waals surface area contributed by atoms with Crippen LogP contribution in [0.25, 0.3) is 0 Å². The quantitative estimate of drug-likeness (QED) is 0.680. The predicted octanol–water partition coefficient (Wildman–Crippen LogP) is 0.183. The largest absolute Gasteiger partial charge is 0.381 e. The highest BCUT2D eigenvalue weighted by Crippen LogP contribution is 2.13. The molecule has 2 amide bonds. The van der Waals surface area contributed by atoms with Crippen molar-refractivity contribution in [2.24, 2.45) is 11.7 Å². The van der Waals surface area contributed by atoms with Gasteiger partial charge in [0.1, 0.15) is 6.04 Å². The Hall–Kier alpha value is -1.10. The van der Waals surface area contributed by atoms with Crippen molar-refractivity contribution in [1.82, 2.24) is 5.32 Å². The number of ether oxygens (including phenoxy) is 1. The molecule has 5 heteroatoms. The molecular formula is C11H20N2O3. The van der Waals surface area contributed by atoms with Crippen molar-refractivity contribution in [1.29, 1.82) is 0 Å². The SMILES string of the molecule is CCCC[C@@H](NC(=O)[C@H]1CCOC1)C(N)=O. The number of nitrogens with one attached hydrogen (secondary N) is 1. The van der Waals surface area contributed by atoms with Crippen LogP contribution in [0.5, 0.6) is 0 Å². The minimum atomic E-state index is -0.534. The van der Waals surface area contributed by atoms with Crippen LogP contribution in [0.4, 0.5) is 0 Å². The average molecular weight is 228 g/mol. The highest BCUT2D eigenvalue weighted by atomic mass is 16.5. The first-order chi connectivity index (χ1) is 7.65. The van der Waals surface area contributed by atoms with Crippen LogP contribution in [0.1, 0.15) is 32.6 Å². The first kappa shape index (κ1) is 13.0. The van der Waals surface area contributed by atoms with E-state index in [4.69, 9.17) is 10.5 Å². The van der Waals surface area contributed by atoms with Gasteiger partial charge in [-0.25, -0.2) is 0 Å². The van der Waals surface area contributed by atoms with Gasteiger partial charge < -0.3 is 15.8 Å². The molecule has 0 unspecified atom stereocenters. The molecule has 0 saturated carbocycles. The first-order valence-electron chi connectivity index (χ1n) is 5.82. The highest BCUT2D eigenvalue weighted by molar-refractivity contribution is 5.87. The Morgan fingerprint density at radius 1 is 1.56 bits per heavy atom. The highest BCUT2D eigenvalue weighted by Gasteiger charge is 2.26. The lowest BCUT2D eigenvalue weighted by Crippen LogP contribution is -2.46. The molecule has 5 nitrogen and oxygen atoms in total. The van der Waals surface area contributed by atoms with Crippen LogP contribution in [0.15, 0.2) is 0 Å². The Balaban J connectivity index is 2.40. The number of unbranched alkanes of at least 4 members (excludes halogenated alkanes) is 1. The molecule has 1 heterocycles. The van der Waals surface area contributed by atoms with E-state index in [1.54, 1.807) is 0 Å². The zero-order valence-electron chi connectivity index (χ0n) is 9.70.